The molecule has 1 unspecified atom stereocenters. The predicted octanol–water partition coefficient (Wildman–Crippen LogP) is 2.51. The quantitative estimate of drug-likeness (QED) is 0.861. The molecule has 1 saturated heterocycles. The Morgan fingerprint density at radius 3 is 2.83 bits per heavy atom. The van der Waals surface area contributed by atoms with E-state index in [1.807, 2.05) is 36.5 Å². The van der Waals surface area contributed by atoms with Crippen LogP contribution in [-0.4, -0.2) is 29.9 Å². The first-order valence-electron chi connectivity index (χ1n) is 8.12. The molecule has 122 valence electrons. The van der Waals surface area contributed by atoms with Crippen molar-refractivity contribution in [2.24, 2.45) is 0 Å². The lowest BCUT2D eigenvalue weighted by Crippen LogP contribution is -2.39. The average Bonchev–Trinajstić information content (AvgIpc) is 3.24. The molecule has 2 N–H and O–H groups in total. The SMILES string of the molecule is O=C(NCc1cccn1Cc1ccccc1)NCC1CCCO1. The second-order valence-corrected chi connectivity index (χ2v) is 5.81. The number of aromatic nitrogens is 1. The van der Waals surface area contributed by atoms with Gasteiger partial charge in [0.2, 0.25) is 0 Å². The normalized spacial score (nSPS) is 17.1. The first-order valence-corrected chi connectivity index (χ1v) is 8.12. The summed E-state index contributed by atoms with van der Waals surface area (Å²) in [6.45, 7) is 2.71. The number of rotatable bonds is 6. The molecule has 0 aliphatic carbocycles. The Balaban J connectivity index is 1.46. The summed E-state index contributed by atoms with van der Waals surface area (Å²) < 4.78 is 7.64. The van der Waals surface area contributed by atoms with E-state index < -0.39 is 0 Å². The highest BCUT2D eigenvalue weighted by molar-refractivity contribution is 5.73. The second kappa shape index (κ2) is 7.83. The van der Waals surface area contributed by atoms with Crippen LogP contribution in [0.1, 0.15) is 24.1 Å². The fourth-order valence-corrected chi connectivity index (χ4v) is 2.79. The minimum atomic E-state index is -0.145. The molecule has 1 aromatic carbocycles. The van der Waals surface area contributed by atoms with Crippen molar-refractivity contribution in [3.05, 3.63) is 59.9 Å². The van der Waals surface area contributed by atoms with Crippen molar-refractivity contribution in [3.8, 4) is 0 Å². The van der Waals surface area contributed by atoms with E-state index in [1.54, 1.807) is 0 Å². The number of nitrogens with one attached hydrogen (secondary N) is 2. The maximum atomic E-state index is 11.9. The van der Waals surface area contributed by atoms with E-state index >= 15 is 0 Å². The van der Waals surface area contributed by atoms with Crippen LogP contribution >= 0.6 is 0 Å². The molecule has 1 aromatic heterocycles. The molecule has 2 amide bonds. The van der Waals surface area contributed by atoms with Crippen molar-refractivity contribution in [1.29, 1.82) is 0 Å². The molecule has 23 heavy (non-hydrogen) atoms. The summed E-state index contributed by atoms with van der Waals surface area (Å²) in [6, 6.07) is 14.2. The Kier molecular flexibility index (Phi) is 5.32. The lowest BCUT2D eigenvalue weighted by Gasteiger charge is -2.13. The first-order chi connectivity index (χ1) is 11.3. The van der Waals surface area contributed by atoms with E-state index in [1.165, 1.54) is 5.56 Å². The zero-order valence-electron chi connectivity index (χ0n) is 13.2. The zero-order chi connectivity index (χ0) is 15.9. The minimum absolute atomic E-state index is 0.145. The molecule has 1 atom stereocenters. The van der Waals surface area contributed by atoms with Crippen molar-refractivity contribution >= 4 is 6.03 Å². The van der Waals surface area contributed by atoms with Gasteiger partial charge in [-0.3, -0.25) is 0 Å². The topological polar surface area (TPSA) is 55.3 Å². The van der Waals surface area contributed by atoms with Crippen LogP contribution in [0.4, 0.5) is 4.79 Å². The number of benzene rings is 1. The van der Waals surface area contributed by atoms with E-state index in [0.717, 1.165) is 31.7 Å². The maximum Gasteiger partial charge on any atom is 0.315 e. The number of carbonyl (C=O) groups excluding carboxylic acids is 1. The second-order valence-electron chi connectivity index (χ2n) is 5.81. The molecule has 1 aliphatic rings. The van der Waals surface area contributed by atoms with Gasteiger partial charge < -0.3 is 19.9 Å². The summed E-state index contributed by atoms with van der Waals surface area (Å²) >= 11 is 0. The zero-order valence-corrected chi connectivity index (χ0v) is 13.2. The molecule has 1 fully saturated rings. The van der Waals surface area contributed by atoms with Crippen molar-refractivity contribution in [2.75, 3.05) is 13.2 Å². The van der Waals surface area contributed by atoms with Crippen LogP contribution in [0, 0.1) is 0 Å². The number of hydrogen-bond donors (Lipinski definition) is 2. The average molecular weight is 313 g/mol. The fourth-order valence-electron chi connectivity index (χ4n) is 2.79. The van der Waals surface area contributed by atoms with E-state index in [4.69, 9.17) is 4.74 Å². The summed E-state index contributed by atoms with van der Waals surface area (Å²) in [5.41, 5.74) is 2.33. The summed E-state index contributed by atoms with van der Waals surface area (Å²) in [4.78, 5) is 11.9. The molecular formula is C18H23N3O2. The Bertz CT molecular complexity index is 618. The molecular weight excluding hydrogens is 290 g/mol. The van der Waals surface area contributed by atoms with Crippen molar-refractivity contribution in [1.82, 2.24) is 15.2 Å². The van der Waals surface area contributed by atoms with Gasteiger partial charge in [-0.2, -0.15) is 0 Å². The number of ether oxygens (including phenoxy) is 1. The van der Waals surface area contributed by atoms with Crippen LogP contribution in [0.25, 0.3) is 0 Å². The van der Waals surface area contributed by atoms with E-state index in [-0.39, 0.29) is 12.1 Å². The maximum absolute atomic E-state index is 11.9. The van der Waals surface area contributed by atoms with Crippen LogP contribution in [0.5, 0.6) is 0 Å². The van der Waals surface area contributed by atoms with Gasteiger partial charge in [-0.1, -0.05) is 30.3 Å². The highest BCUT2D eigenvalue weighted by Crippen LogP contribution is 2.10. The summed E-state index contributed by atoms with van der Waals surface area (Å²) in [7, 11) is 0. The van der Waals surface area contributed by atoms with Crippen LogP contribution in [0.3, 0.4) is 0 Å². The Morgan fingerprint density at radius 1 is 1.17 bits per heavy atom. The van der Waals surface area contributed by atoms with Gasteiger partial charge in [0.05, 0.1) is 12.6 Å². The number of carbonyl (C=O) groups is 1. The van der Waals surface area contributed by atoms with Gasteiger partial charge in [-0.25, -0.2) is 4.79 Å². The highest BCUT2D eigenvalue weighted by atomic mass is 16.5. The lowest BCUT2D eigenvalue weighted by molar-refractivity contribution is 0.111. The van der Waals surface area contributed by atoms with E-state index in [2.05, 4.69) is 27.3 Å². The largest absolute Gasteiger partial charge is 0.376 e. The molecule has 1 aliphatic heterocycles. The molecule has 3 rings (SSSR count). The highest BCUT2D eigenvalue weighted by Gasteiger charge is 2.16. The lowest BCUT2D eigenvalue weighted by atomic mass is 10.2. The third-order valence-electron chi connectivity index (χ3n) is 4.06. The van der Waals surface area contributed by atoms with E-state index in [9.17, 15) is 4.79 Å². The van der Waals surface area contributed by atoms with Gasteiger partial charge in [0.1, 0.15) is 0 Å². The summed E-state index contributed by atoms with van der Waals surface area (Å²) in [5, 5.41) is 5.78. The molecule has 0 bridgehead atoms. The first kappa shape index (κ1) is 15.6. The molecule has 5 nitrogen and oxygen atoms in total. The van der Waals surface area contributed by atoms with Crippen molar-refractivity contribution < 1.29 is 9.53 Å². The van der Waals surface area contributed by atoms with Crippen molar-refractivity contribution in [2.45, 2.75) is 32.0 Å². The third-order valence-corrected chi connectivity index (χ3v) is 4.06. The van der Waals surface area contributed by atoms with Gasteiger partial charge in [-0.05, 0) is 30.5 Å². The van der Waals surface area contributed by atoms with Gasteiger partial charge in [-0.15, -0.1) is 0 Å². The standard InChI is InChI=1S/C18H23N3O2/c22-18(20-13-17-9-5-11-23-17)19-12-16-8-4-10-21(16)14-15-6-2-1-3-7-15/h1-4,6-8,10,17H,5,9,11-14H2,(H2,19,20,22). The van der Waals surface area contributed by atoms with Crippen LogP contribution in [0.2, 0.25) is 0 Å². The van der Waals surface area contributed by atoms with Gasteiger partial charge >= 0.3 is 6.03 Å². The number of hydrogen-bond acceptors (Lipinski definition) is 2. The molecule has 5 heteroatoms. The van der Waals surface area contributed by atoms with Gasteiger partial charge in [0.15, 0.2) is 0 Å². The van der Waals surface area contributed by atoms with Gasteiger partial charge in [0, 0.05) is 31.6 Å². The monoisotopic (exact) mass is 313 g/mol. The summed E-state index contributed by atoms with van der Waals surface area (Å²) in [6.07, 6.45) is 4.32. The Labute approximate surface area is 136 Å². The van der Waals surface area contributed by atoms with E-state index in [0.29, 0.717) is 13.1 Å². The van der Waals surface area contributed by atoms with Crippen LogP contribution < -0.4 is 10.6 Å². The van der Waals surface area contributed by atoms with Crippen LogP contribution in [0.15, 0.2) is 48.7 Å². The summed E-state index contributed by atoms with van der Waals surface area (Å²) in [5.74, 6) is 0. The fraction of sp³-hybridized carbons (Fsp3) is 0.389. The van der Waals surface area contributed by atoms with Crippen LogP contribution in [-0.2, 0) is 17.8 Å². The predicted molar refractivity (Wildman–Crippen MR) is 89.2 cm³/mol. The number of nitrogens with zero attached hydrogens (tertiary/aromatic N) is 1. The number of amides is 2. The molecule has 0 saturated carbocycles. The smallest absolute Gasteiger partial charge is 0.315 e. The molecule has 2 heterocycles. The third kappa shape index (κ3) is 4.60. The molecule has 0 radical (unpaired) electrons. The Morgan fingerprint density at radius 2 is 2.04 bits per heavy atom. The Hall–Kier alpha value is -2.27. The molecule has 0 spiro atoms. The van der Waals surface area contributed by atoms with Gasteiger partial charge in [0.25, 0.3) is 0 Å². The molecule has 2 aromatic rings. The minimum Gasteiger partial charge on any atom is -0.376 e. The van der Waals surface area contributed by atoms with Crippen molar-refractivity contribution in [3.63, 3.8) is 0 Å². The number of urea groups is 1.